The summed E-state index contributed by atoms with van der Waals surface area (Å²) in [6, 6.07) is 6.64. The van der Waals surface area contributed by atoms with Gasteiger partial charge in [0, 0.05) is 38.8 Å². The van der Waals surface area contributed by atoms with Crippen LogP contribution < -0.4 is 10.1 Å². The maximum absolute atomic E-state index is 13.1. The van der Waals surface area contributed by atoms with Gasteiger partial charge in [-0.1, -0.05) is 12.8 Å². The fraction of sp³-hybridized carbons (Fsp3) is 0.708. The van der Waals surface area contributed by atoms with Crippen LogP contribution in [0.25, 0.3) is 0 Å². The SMILES string of the molecule is COc1ccc(S(=O)(=O)N2CCCC(C(=O)NC3CCN(CC4CCCC4)CC3)C2)cc1. The molecule has 2 saturated heterocycles. The first kappa shape index (κ1) is 23.5. The maximum atomic E-state index is 13.1. The van der Waals surface area contributed by atoms with Gasteiger partial charge in [-0.05, 0) is 68.7 Å². The van der Waals surface area contributed by atoms with Gasteiger partial charge in [-0.15, -0.1) is 0 Å². The van der Waals surface area contributed by atoms with E-state index in [1.54, 1.807) is 31.4 Å². The minimum Gasteiger partial charge on any atom is -0.497 e. The van der Waals surface area contributed by atoms with E-state index in [-0.39, 0.29) is 29.3 Å². The Hall–Kier alpha value is -1.64. The number of benzene rings is 1. The van der Waals surface area contributed by atoms with Crippen LogP contribution in [0.3, 0.4) is 0 Å². The lowest BCUT2D eigenvalue weighted by atomic mass is 9.96. The Balaban J connectivity index is 1.28. The van der Waals surface area contributed by atoms with Crippen molar-refractivity contribution in [3.05, 3.63) is 24.3 Å². The van der Waals surface area contributed by atoms with E-state index in [9.17, 15) is 13.2 Å². The van der Waals surface area contributed by atoms with Crippen molar-refractivity contribution in [1.82, 2.24) is 14.5 Å². The molecule has 2 heterocycles. The Kier molecular flexibility index (Phi) is 7.74. The summed E-state index contributed by atoms with van der Waals surface area (Å²) in [4.78, 5) is 15.8. The van der Waals surface area contributed by atoms with Gasteiger partial charge in [0.1, 0.15) is 5.75 Å². The molecule has 4 rings (SSSR count). The van der Waals surface area contributed by atoms with Crippen LogP contribution in [0.5, 0.6) is 5.75 Å². The Labute approximate surface area is 192 Å². The molecular weight excluding hydrogens is 426 g/mol. The molecule has 1 aromatic rings. The van der Waals surface area contributed by atoms with Gasteiger partial charge in [0.2, 0.25) is 15.9 Å². The zero-order valence-corrected chi connectivity index (χ0v) is 20.0. The van der Waals surface area contributed by atoms with Gasteiger partial charge >= 0.3 is 0 Å². The molecule has 3 fully saturated rings. The Morgan fingerprint density at radius 2 is 1.69 bits per heavy atom. The van der Waals surface area contributed by atoms with Crippen molar-refractivity contribution in [3.63, 3.8) is 0 Å². The van der Waals surface area contributed by atoms with Crippen LogP contribution >= 0.6 is 0 Å². The zero-order valence-electron chi connectivity index (χ0n) is 19.2. The second-order valence-corrected chi connectivity index (χ2v) is 11.5. The van der Waals surface area contributed by atoms with Crippen LogP contribution in [0.1, 0.15) is 51.4 Å². The molecule has 2 aliphatic heterocycles. The number of sulfonamides is 1. The third-order valence-corrected chi connectivity index (χ3v) is 9.26. The molecule has 1 N–H and O–H groups in total. The number of ether oxygens (including phenoxy) is 1. The molecule has 178 valence electrons. The van der Waals surface area contributed by atoms with Crippen molar-refractivity contribution in [3.8, 4) is 5.75 Å². The summed E-state index contributed by atoms with van der Waals surface area (Å²) in [6.45, 7) is 4.01. The second kappa shape index (κ2) is 10.5. The first-order valence-electron chi connectivity index (χ1n) is 12.1. The quantitative estimate of drug-likeness (QED) is 0.673. The van der Waals surface area contributed by atoms with E-state index >= 15 is 0 Å². The monoisotopic (exact) mass is 463 g/mol. The number of carbonyl (C=O) groups is 1. The highest BCUT2D eigenvalue weighted by Gasteiger charge is 2.34. The number of hydrogen-bond acceptors (Lipinski definition) is 5. The van der Waals surface area contributed by atoms with Crippen LogP contribution in [-0.4, -0.2) is 69.4 Å². The molecular formula is C24H37N3O4S. The number of methoxy groups -OCH3 is 1. The standard InChI is InChI=1S/C24H37N3O4S/c1-31-22-8-10-23(11-9-22)32(29,30)27-14-4-7-20(18-27)24(28)25-21-12-15-26(16-13-21)17-19-5-2-3-6-19/h8-11,19-21H,2-7,12-18H2,1H3,(H,25,28). The van der Waals surface area contributed by atoms with E-state index in [0.29, 0.717) is 18.7 Å². The molecule has 1 saturated carbocycles. The fourth-order valence-corrected chi connectivity index (χ4v) is 6.93. The summed E-state index contributed by atoms with van der Waals surface area (Å²) in [5, 5.41) is 3.23. The van der Waals surface area contributed by atoms with Gasteiger partial charge in [0.15, 0.2) is 0 Å². The highest BCUT2D eigenvalue weighted by Crippen LogP contribution is 2.27. The normalized spacial score (nSPS) is 24.5. The fourth-order valence-electron chi connectivity index (χ4n) is 5.41. The molecule has 0 bridgehead atoms. The summed E-state index contributed by atoms with van der Waals surface area (Å²) in [5.41, 5.74) is 0. The topological polar surface area (TPSA) is 79.0 Å². The van der Waals surface area contributed by atoms with Crippen molar-refractivity contribution in [2.45, 2.75) is 62.3 Å². The lowest BCUT2D eigenvalue weighted by Gasteiger charge is -2.36. The molecule has 0 aromatic heterocycles. The third-order valence-electron chi connectivity index (χ3n) is 7.38. The molecule has 0 spiro atoms. The smallest absolute Gasteiger partial charge is 0.243 e. The van der Waals surface area contributed by atoms with Crippen LogP contribution in [0, 0.1) is 11.8 Å². The molecule has 32 heavy (non-hydrogen) atoms. The predicted octanol–water partition coefficient (Wildman–Crippen LogP) is 2.87. The summed E-state index contributed by atoms with van der Waals surface area (Å²) in [5.74, 6) is 1.21. The van der Waals surface area contributed by atoms with Gasteiger partial charge in [-0.3, -0.25) is 4.79 Å². The van der Waals surface area contributed by atoms with Crippen molar-refractivity contribution in [2.24, 2.45) is 11.8 Å². The van der Waals surface area contributed by atoms with Crippen LogP contribution in [0.2, 0.25) is 0 Å². The number of likely N-dealkylation sites (tertiary alicyclic amines) is 1. The summed E-state index contributed by atoms with van der Waals surface area (Å²) in [6.07, 6.45) is 8.91. The van der Waals surface area contributed by atoms with E-state index in [1.807, 2.05) is 0 Å². The van der Waals surface area contributed by atoms with Gasteiger partial charge in [-0.2, -0.15) is 4.31 Å². The molecule has 1 atom stereocenters. The van der Waals surface area contributed by atoms with E-state index in [1.165, 1.54) is 36.5 Å². The van der Waals surface area contributed by atoms with Crippen molar-refractivity contribution >= 4 is 15.9 Å². The van der Waals surface area contributed by atoms with Crippen LogP contribution in [0.15, 0.2) is 29.2 Å². The lowest BCUT2D eigenvalue weighted by Crippen LogP contribution is -2.50. The van der Waals surface area contributed by atoms with Crippen molar-refractivity contribution in [1.29, 1.82) is 0 Å². The largest absolute Gasteiger partial charge is 0.497 e. The third kappa shape index (κ3) is 5.64. The van der Waals surface area contributed by atoms with Gasteiger partial charge in [0.25, 0.3) is 0 Å². The predicted molar refractivity (Wildman–Crippen MR) is 124 cm³/mol. The first-order chi connectivity index (χ1) is 15.5. The number of nitrogens with one attached hydrogen (secondary N) is 1. The van der Waals surface area contributed by atoms with Gasteiger partial charge in [0.05, 0.1) is 17.9 Å². The molecule has 0 radical (unpaired) electrons. The maximum Gasteiger partial charge on any atom is 0.243 e. The van der Waals surface area contributed by atoms with E-state index in [4.69, 9.17) is 4.74 Å². The summed E-state index contributed by atoms with van der Waals surface area (Å²) < 4.78 is 32.7. The zero-order chi connectivity index (χ0) is 22.6. The van der Waals surface area contributed by atoms with E-state index in [2.05, 4.69) is 10.2 Å². The Bertz CT molecular complexity index is 860. The minimum atomic E-state index is -3.61. The molecule has 7 nitrogen and oxygen atoms in total. The average Bonchev–Trinajstić information content (AvgIpc) is 3.33. The lowest BCUT2D eigenvalue weighted by molar-refractivity contribution is -0.127. The number of rotatable bonds is 7. The van der Waals surface area contributed by atoms with Crippen LogP contribution in [0.4, 0.5) is 0 Å². The molecule has 8 heteroatoms. The second-order valence-electron chi connectivity index (χ2n) is 9.61. The molecule has 1 amide bonds. The first-order valence-corrected chi connectivity index (χ1v) is 13.6. The number of piperidine rings is 2. The summed E-state index contributed by atoms with van der Waals surface area (Å²) >= 11 is 0. The van der Waals surface area contributed by atoms with Crippen molar-refractivity contribution < 1.29 is 17.9 Å². The molecule has 1 aromatic carbocycles. The van der Waals surface area contributed by atoms with Crippen LogP contribution in [-0.2, 0) is 14.8 Å². The Morgan fingerprint density at radius 3 is 2.34 bits per heavy atom. The van der Waals surface area contributed by atoms with Gasteiger partial charge < -0.3 is 15.0 Å². The number of hydrogen-bond donors (Lipinski definition) is 1. The average molecular weight is 464 g/mol. The number of nitrogens with zero attached hydrogens (tertiary/aromatic N) is 2. The van der Waals surface area contributed by atoms with Gasteiger partial charge in [-0.25, -0.2) is 8.42 Å². The van der Waals surface area contributed by atoms with Crippen molar-refractivity contribution in [2.75, 3.05) is 39.8 Å². The van der Waals surface area contributed by atoms with E-state index < -0.39 is 10.0 Å². The number of carbonyl (C=O) groups excluding carboxylic acids is 1. The highest BCUT2D eigenvalue weighted by atomic mass is 32.2. The summed E-state index contributed by atoms with van der Waals surface area (Å²) in [7, 11) is -2.06. The minimum absolute atomic E-state index is 0.00822. The molecule has 3 aliphatic rings. The molecule has 1 aliphatic carbocycles. The highest BCUT2D eigenvalue weighted by molar-refractivity contribution is 7.89. The van der Waals surface area contributed by atoms with E-state index in [0.717, 1.165) is 38.3 Å². The number of amides is 1. The molecule has 1 unspecified atom stereocenters. The Morgan fingerprint density at radius 1 is 1.00 bits per heavy atom.